The number of fused-ring (bicyclic) bond motifs is 2. The monoisotopic (exact) mass is 563 g/mol. The van der Waals surface area contributed by atoms with E-state index in [-0.39, 0.29) is 23.3 Å². The molecule has 0 bridgehead atoms. The molecule has 0 spiro atoms. The number of anilines is 2. The van der Waals surface area contributed by atoms with Crippen LogP contribution >= 0.6 is 12.4 Å². The van der Waals surface area contributed by atoms with Gasteiger partial charge in [0.05, 0.1) is 4.90 Å². The third kappa shape index (κ3) is 8.13. The van der Waals surface area contributed by atoms with Crippen LogP contribution in [0.15, 0.2) is 102 Å². The summed E-state index contributed by atoms with van der Waals surface area (Å²) in [7, 11) is 0.604. The third-order valence-electron chi connectivity index (χ3n) is 6.19. The zero-order chi connectivity index (χ0) is 27.0. The van der Waals surface area contributed by atoms with Gasteiger partial charge in [-0.15, -0.1) is 12.4 Å². The zero-order valence-corrected chi connectivity index (χ0v) is 23.8. The summed E-state index contributed by atoms with van der Waals surface area (Å²) in [5, 5.41) is 0. The molecular weight excluding hydrogens is 530 g/mol. The lowest BCUT2D eigenvalue weighted by atomic mass is 9.93. The van der Waals surface area contributed by atoms with Gasteiger partial charge in [-0.25, -0.2) is 23.1 Å². The lowest BCUT2D eigenvalue weighted by molar-refractivity contribution is 0.417. The molecule has 0 unspecified atom stereocenters. The van der Waals surface area contributed by atoms with Crippen molar-refractivity contribution in [3.8, 4) is 0 Å². The number of aryl methyl sites for hydroxylation is 2. The maximum absolute atomic E-state index is 11.9. The van der Waals surface area contributed by atoms with Gasteiger partial charge in [0.1, 0.15) is 0 Å². The molecule has 1 aliphatic carbocycles. The molecule has 0 fully saturated rings. The molecule has 0 saturated carbocycles. The fourth-order valence-corrected chi connectivity index (χ4v) is 5.24. The molecule has 9 heteroatoms. The molecular formula is C30H34ClN5O2S. The number of nitrogen functional groups attached to an aromatic ring is 1. The van der Waals surface area contributed by atoms with E-state index in [1.54, 1.807) is 6.07 Å². The lowest BCUT2D eigenvalue weighted by Crippen LogP contribution is -2.14. The first kappa shape index (κ1) is 29.8. The Morgan fingerprint density at radius 2 is 1.38 bits per heavy atom. The SMILES string of the molecule is CN(C)CCC=C1c2ccccc2CCc2ccccc21.Cl.Nc1ccc(S(=O)(=O)Nc2ncccn2)cc1. The van der Waals surface area contributed by atoms with Crippen LogP contribution in [0.4, 0.5) is 11.6 Å². The average Bonchev–Trinajstić information content (AvgIpc) is 3.07. The summed E-state index contributed by atoms with van der Waals surface area (Å²) in [6, 6.07) is 25.2. The Morgan fingerprint density at radius 3 is 1.92 bits per heavy atom. The molecule has 0 amide bonds. The first-order valence-electron chi connectivity index (χ1n) is 12.5. The van der Waals surface area contributed by atoms with E-state index >= 15 is 0 Å². The van der Waals surface area contributed by atoms with Gasteiger partial charge in [-0.1, -0.05) is 54.6 Å². The number of nitrogens with zero attached hydrogens (tertiary/aromatic N) is 3. The molecule has 204 valence electrons. The van der Waals surface area contributed by atoms with Gasteiger partial charge < -0.3 is 10.6 Å². The Morgan fingerprint density at radius 1 is 0.846 bits per heavy atom. The molecule has 7 nitrogen and oxygen atoms in total. The number of aromatic nitrogens is 2. The van der Waals surface area contributed by atoms with Crippen molar-refractivity contribution >= 4 is 39.6 Å². The highest BCUT2D eigenvalue weighted by atomic mass is 35.5. The van der Waals surface area contributed by atoms with Gasteiger partial charge in [0.15, 0.2) is 0 Å². The van der Waals surface area contributed by atoms with Gasteiger partial charge >= 0.3 is 0 Å². The number of nitrogens with two attached hydrogens (primary N) is 1. The molecule has 1 aromatic heterocycles. The number of halogens is 1. The largest absolute Gasteiger partial charge is 0.399 e. The Labute approximate surface area is 237 Å². The molecule has 1 heterocycles. The predicted molar refractivity (Wildman–Crippen MR) is 161 cm³/mol. The minimum Gasteiger partial charge on any atom is -0.399 e. The summed E-state index contributed by atoms with van der Waals surface area (Å²) in [5.74, 6) is 0.0318. The normalized spacial score (nSPS) is 12.1. The fourth-order valence-electron chi connectivity index (χ4n) is 4.28. The van der Waals surface area contributed by atoms with Gasteiger partial charge in [0.2, 0.25) is 5.95 Å². The van der Waals surface area contributed by atoms with Crippen LogP contribution in [-0.4, -0.2) is 43.9 Å². The van der Waals surface area contributed by atoms with Gasteiger partial charge in [0.25, 0.3) is 10.0 Å². The number of nitrogens with one attached hydrogen (secondary N) is 1. The highest BCUT2D eigenvalue weighted by molar-refractivity contribution is 7.92. The van der Waals surface area contributed by atoms with Crippen molar-refractivity contribution in [2.45, 2.75) is 24.2 Å². The number of hydrogen-bond donors (Lipinski definition) is 2. The fraction of sp³-hybridized carbons (Fsp3) is 0.200. The van der Waals surface area contributed by atoms with E-state index in [0.29, 0.717) is 5.69 Å². The molecule has 1 aliphatic rings. The van der Waals surface area contributed by atoms with Crippen molar-refractivity contribution in [3.63, 3.8) is 0 Å². The van der Waals surface area contributed by atoms with E-state index in [0.717, 1.165) is 25.8 Å². The first-order valence-corrected chi connectivity index (χ1v) is 14.0. The molecule has 0 radical (unpaired) electrons. The minimum absolute atomic E-state index is 0. The molecule has 0 atom stereocenters. The maximum Gasteiger partial charge on any atom is 0.264 e. The van der Waals surface area contributed by atoms with Crippen molar-refractivity contribution in [3.05, 3.63) is 120 Å². The standard InChI is InChI=1S/C20H23N.C10H10N4O2S.ClH/c1-21(2)15-7-12-20-18-10-5-3-8-16(18)13-14-17-9-4-6-11-19(17)20;11-8-2-4-9(5-3-8)17(15,16)14-10-12-6-1-7-13-10;/h3-6,8-12H,7,13-15H2,1-2H3;1-7H,11H2,(H,12,13,14);1H. The van der Waals surface area contributed by atoms with Crippen LogP contribution < -0.4 is 10.5 Å². The van der Waals surface area contributed by atoms with Crippen LogP contribution in [0, 0.1) is 0 Å². The topological polar surface area (TPSA) is 101 Å². The highest BCUT2D eigenvalue weighted by Gasteiger charge is 2.17. The van der Waals surface area contributed by atoms with Gasteiger partial charge in [0, 0.05) is 24.6 Å². The molecule has 4 aromatic rings. The number of sulfonamides is 1. The van der Waals surface area contributed by atoms with Crippen molar-refractivity contribution < 1.29 is 8.42 Å². The van der Waals surface area contributed by atoms with Gasteiger partial charge in [-0.2, -0.15) is 0 Å². The minimum atomic E-state index is -3.66. The number of rotatable bonds is 6. The summed E-state index contributed by atoms with van der Waals surface area (Å²) in [4.78, 5) is 9.91. The van der Waals surface area contributed by atoms with E-state index in [1.807, 2.05) is 0 Å². The average molecular weight is 564 g/mol. The molecule has 3 N–H and O–H groups in total. The Kier molecular flexibility index (Phi) is 10.6. The van der Waals surface area contributed by atoms with Crippen molar-refractivity contribution in [2.24, 2.45) is 0 Å². The quantitative estimate of drug-likeness (QED) is 0.302. The Bertz CT molecular complexity index is 1440. The third-order valence-corrected chi connectivity index (χ3v) is 7.53. The smallest absolute Gasteiger partial charge is 0.264 e. The van der Waals surface area contributed by atoms with E-state index in [4.69, 9.17) is 5.73 Å². The van der Waals surface area contributed by atoms with Crippen molar-refractivity contribution in [2.75, 3.05) is 31.1 Å². The van der Waals surface area contributed by atoms with E-state index in [1.165, 1.54) is 64.5 Å². The van der Waals surface area contributed by atoms with Crippen LogP contribution in [0.5, 0.6) is 0 Å². The van der Waals surface area contributed by atoms with Crippen LogP contribution in [0.1, 0.15) is 28.7 Å². The summed E-state index contributed by atoms with van der Waals surface area (Å²) < 4.78 is 26.0. The van der Waals surface area contributed by atoms with Crippen molar-refractivity contribution in [1.82, 2.24) is 14.9 Å². The van der Waals surface area contributed by atoms with Crippen LogP contribution in [0.25, 0.3) is 5.57 Å². The zero-order valence-electron chi connectivity index (χ0n) is 22.1. The lowest BCUT2D eigenvalue weighted by Gasteiger charge is -2.13. The van der Waals surface area contributed by atoms with E-state index in [9.17, 15) is 8.42 Å². The number of benzene rings is 3. The second kappa shape index (κ2) is 13.9. The Balaban J connectivity index is 0.000000215. The van der Waals surface area contributed by atoms with Gasteiger partial charge in [-0.3, -0.25) is 0 Å². The van der Waals surface area contributed by atoms with E-state index in [2.05, 4.69) is 88.3 Å². The van der Waals surface area contributed by atoms with Crippen molar-refractivity contribution in [1.29, 1.82) is 0 Å². The highest BCUT2D eigenvalue weighted by Crippen LogP contribution is 2.33. The molecule has 3 aromatic carbocycles. The van der Waals surface area contributed by atoms with Crippen LogP contribution in [0.3, 0.4) is 0 Å². The molecule has 5 rings (SSSR count). The number of hydrogen-bond acceptors (Lipinski definition) is 6. The molecule has 39 heavy (non-hydrogen) atoms. The summed E-state index contributed by atoms with van der Waals surface area (Å²) in [6.45, 7) is 1.09. The second-order valence-corrected chi connectivity index (χ2v) is 11.0. The van der Waals surface area contributed by atoms with Gasteiger partial charge in [-0.05, 0) is 91.5 Å². The maximum atomic E-state index is 11.9. The van der Waals surface area contributed by atoms with Crippen LogP contribution in [-0.2, 0) is 22.9 Å². The predicted octanol–water partition coefficient (Wildman–Crippen LogP) is 5.45. The van der Waals surface area contributed by atoms with Crippen LogP contribution in [0.2, 0.25) is 0 Å². The first-order chi connectivity index (χ1) is 18.3. The summed E-state index contributed by atoms with van der Waals surface area (Å²) >= 11 is 0. The molecule has 0 saturated heterocycles. The Hall–Kier alpha value is -3.72. The van der Waals surface area contributed by atoms with E-state index < -0.39 is 10.0 Å². The second-order valence-electron chi connectivity index (χ2n) is 9.27. The summed E-state index contributed by atoms with van der Waals surface area (Å²) in [5.41, 5.74) is 13.2. The molecule has 0 aliphatic heterocycles. The summed E-state index contributed by atoms with van der Waals surface area (Å²) in [6.07, 6.45) is 8.69.